The first-order valence-corrected chi connectivity index (χ1v) is 9.86. The second kappa shape index (κ2) is 6.97. The number of aryl methyl sites for hydroxylation is 1. The molecule has 1 saturated heterocycles. The molecule has 0 radical (unpaired) electrons. The zero-order valence-corrected chi connectivity index (χ0v) is 15.8. The summed E-state index contributed by atoms with van der Waals surface area (Å²) in [5, 5.41) is 0.784. The van der Waals surface area contributed by atoms with Crippen molar-refractivity contribution in [2.45, 2.75) is 24.8 Å². The molecule has 0 aliphatic carbocycles. The summed E-state index contributed by atoms with van der Waals surface area (Å²) in [6.45, 7) is 2.33. The molecule has 3 rings (SSSR count). The van der Waals surface area contributed by atoms with E-state index in [1.807, 2.05) is 31.2 Å². The Morgan fingerprint density at radius 3 is 2.58 bits per heavy atom. The molecule has 1 aliphatic rings. The summed E-state index contributed by atoms with van der Waals surface area (Å²) >= 11 is 3.25. The average molecular weight is 415 g/mol. The number of nitrogens with one attached hydrogen (secondary N) is 1. The van der Waals surface area contributed by atoms with Gasteiger partial charge in [0.15, 0.2) is 4.67 Å². The molecule has 1 aromatic heterocycles. The highest BCUT2D eigenvalue weighted by Gasteiger charge is 2.44. The van der Waals surface area contributed by atoms with Crippen molar-refractivity contribution in [2.24, 2.45) is 0 Å². The van der Waals surface area contributed by atoms with E-state index in [-0.39, 0.29) is 13.2 Å². The second-order valence-electron chi connectivity index (χ2n) is 5.82. The third kappa shape index (κ3) is 3.73. The molecular formula is C16H19BrN2O4S. The van der Waals surface area contributed by atoms with Gasteiger partial charge in [-0.25, -0.2) is 13.1 Å². The molecule has 130 valence electrons. The Hall–Kier alpha value is -1.19. The number of sulfonamides is 1. The van der Waals surface area contributed by atoms with Gasteiger partial charge < -0.3 is 4.42 Å². The van der Waals surface area contributed by atoms with E-state index < -0.39 is 21.3 Å². The first-order chi connectivity index (χ1) is 11.4. The summed E-state index contributed by atoms with van der Waals surface area (Å²) in [6.07, 6.45) is 0. The molecule has 0 bridgehead atoms. The van der Waals surface area contributed by atoms with Gasteiger partial charge in [-0.15, -0.1) is 0 Å². The van der Waals surface area contributed by atoms with Crippen LogP contribution in [-0.2, 0) is 21.4 Å². The van der Waals surface area contributed by atoms with Crippen LogP contribution in [-0.4, -0.2) is 32.4 Å². The Bertz CT molecular complexity index is 804. The van der Waals surface area contributed by atoms with Crippen LogP contribution >= 0.6 is 15.9 Å². The van der Waals surface area contributed by atoms with E-state index in [4.69, 9.17) is 9.25 Å². The predicted octanol–water partition coefficient (Wildman–Crippen LogP) is 2.76. The number of hydrogen-bond donors (Lipinski definition) is 1. The average Bonchev–Trinajstić information content (AvgIpc) is 3.13. The highest BCUT2D eigenvalue weighted by Crippen LogP contribution is 2.35. The maximum absolute atomic E-state index is 12.7. The fraction of sp³-hybridized carbons (Fsp3) is 0.375. The number of hydrogen-bond acceptors (Lipinski definition) is 5. The molecule has 2 aromatic rings. The lowest BCUT2D eigenvalue weighted by Crippen LogP contribution is -2.38. The van der Waals surface area contributed by atoms with Crippen molar-refractivity contribution in [2.75, 3.05) is 13.7 Å². The molecule has 0 spiro atoms. The van der Waals surface area contributed by atoms with E-state index in [1.54, 1.807) is 19.2 Å². The summed E-state index contributed by atoms with van der Waals surface area (Å²) in [6, 6.07) is 10.7. The van der Waals surface area contributed by atoms with Crippen LogP contribution in [0.25, 0.3) is 0 Å². The van der Waals surface area contributed by atoms with Gasteiger partial charge in [0.1, 0.15) is 17.1 Å². The van der Waals surface area contributed by atoms with Crippen LogP contribution in [0, 0.1) is 6.92 Å². The van der Waals surface area contributed by atoms with Crippen molar-refractivity contribution in [3.63, 3.8) is 0 Å². The first kappa shape index (κ1) is 17.6. The SMILES string of the molecule is Cc1ccc(CNS(=O)(=O)[C@H]2CON(C)[C@@H]2c2ccc(Br)o2)cc1. The minimum atomic E-state index is -3.58. The number of furan rings is 1. The third-order valence-electron chi connectivity index (χ3n) is 4.07. The van der Waals surface area contributed by atoms with Gasteiger partial charge in [0, 0.05) is 13.6 Å². The highest BCUT2D eigenvalue weighted by atomic mass is 79.9. The van der Waals surface area contributed by atoms with Gasteiger partial charge in [-0.1, -0.05) is 29.8 Å². The zero-order chi connectivity index (χ0) is 17.3. The lowest BCUT2D eigenvalue weighted by atomic mass is 10.2. The Kier molecular flexibility index (Phi) is 5.12. The van der Waals surface area contributed by atoms with Gasteiger partial charge in [0.05, 0.1) is 6.61 Å². The number of benzene rings is 1. The molecule has 1 fully saturated rings. The number of rotatable bonds is 5. The van der Waals surface area contributed by atoms with Crippen molar-refractivity contribution in [3.8, 4) is 0 Å². The van der Waals surface area contributed by atoms with Crippen LogP contribution in [0.1, 0.15) is 22.9 Å². The molecule has 2 atom stereocenters. The van der Waals surface area contributed by atoms with Gasteiger partial charge in [-0.05, 0) is 40.5 Å². The fourth-order valence-electron chi connectivity index (χ4n) is 2.70. The molecular weight excluding hydrogens is 396 g/mol. The molecule has 8 heteroatoms. The topological polar surface area (TPSA) is 71.8 Å². The predicted molar refractivity (Wildman–Crippen MR) is 93.6 cm³/mol. The Morgan fingerprint density at radius 2 is 1.96 bits per heavy atom. The van der Waals surface area contributed by atoms with Crippen LogP contribution in [0.4, 0.5) is 0 Å². The molecule has 0 amide bonds. The molecule has 1 aliphatic heterocycles. The van der Waals surface area contributed by atoms with Gasteiger partial charge in [-0.3, -0.25) is 4.84 Å². The number of halogens is 1. The van der Waals surface area contributed by atoms with E-state index in [0.29, 0.717) is 10.4 Å². The number of nitrogens with zero attached hydrogens (tertiary/aromatic N) is 1. The second-order valence-corrected chi connectivity index (χ2v) is 8.58. The van der Waals surface area contributed by atoms with Crippen LogP contribution in [0.15, 0.2) is 45.5 Å². The zero-order valence-electron chi connectivity index (χ0n) is 13.4. The molecule has 24 heavy (non-hydrogen) atoms. The van der Waals surface area contributed by atoms with Gasteiger partial charge in [0.2, 0.25) is 10.0 Å². The fourth-order valence-corrected chi connectivity index (χ4v) is 4.49. The van der Waals surface area contributed by atoms with E-state index in [2.05, 4.69) is 20.7 Å². The van der Waals surface area contributed by atoms with E-state index in [1.165, 1.54) is 5.06 Å². The summed E-state index contributed by atoms with van der Waals surface area (Å²) in [7, 11) is -1.88. The van der Waals surface area contributed by atoms with Crippen LogP contribution < -0.4 is 4.72 Å². The minimum Gasteiger partial charge on any atom is -0.453 e. The Morgan fingerprint density at radius 1 is 1.25 bits per heavy atom. The van der Waals surface area contributed by atoms with E-state index in [0.717, 1.165) is 11.1 Å². The van der Waals surface area contributed by atoms with E-state index in [9.17, 15) is 8.42 Å². The largest absolute Gasteiger partial charge is 0.453 e. The summed E-state index contributed by atoms with van der Waals surface area (Å²) in [5.74, 6) is 0.549. The molecule has 0 saturated carbocycles. The molecule has 1 N–H and O–H groups in total. The first-order valence-electron chi connectivity index (χ1n) is 7.52. The van der Waals surface area contributed by atoms with Crippen LogP contribution in [0.2, 0.25) is 0 Å². The molecule has 0 unspecified atom stereocenters. The third-order valence-corrected chi connectivity index (χ3v) is 6.23. The van der Waals surface area contributed by atoms with Gasteiger partial charge >= 0.3 is 0 Å². The monoisotopic (exact) mass is 414 g/mol. The lowest BCUT2D eigenvalue weighted by Gasteiger charge is -2.20. The normalized spacial score (nSPS) is 22.1. The molecule has 6 nitrogen and oxygen atoms in total. The maximum Gasteiger partial charge on any atom is 0.219 e. The summed E-state index contributed by atoms with van der Waals surface area (Å²) in [4.78, 5) is 5.43. The van der Waals surface area contributed by atoms with E-state index >= 15 is 0 Å². The smallest absolute Gasteiger partial charge is 0.219 e. The maximum atomic E-state index is 12.7. The lowest BCUT2D eigenvalue weighted by molar-refractivity contribution is -0.113. The summed E-state index contributed by atoms with van der Waals surface area (Å²) in [5.41, 5.74) is 2.05. The standard InChI is InChI=1S/C16H19BrN2O4S/c1-11-3-5-12(6-4-11)9-18-24(20,21)14-10-22-19(2)16(14)13-7-8-15(17)23-13/h3-8,14,16,18H,9-10H2,1-2H3/t14-,16+/m0/s1. The Labute approximate surface area is 149 Å². The molecule has 2 heterocycles. The molecule has 1 aromatic carbocycles. The highest BCUT2D eigenvalue weighted by molar-refractivity contribution is 9.10. The van der Waals surface area contributed by atoms with Crippen molar-refractivity contribution >= 4 is 26.0 Å². The van der Waals surface area contributed by atoms with Crippen molar-refractivity contribution in [1.29, 1.82) is 0 Å². The van der Waals surface area contributed by atoms with Crippen molar-refractivity contribution in [3.05, 3.63) is 58.0 Å². The quantitative estimate of drug-likeness (QED) is 0.813. The van der Waals surface area contributed by atoms with Gasteiger partial charge in [-0.2, -0.15) is 5.06 Å². The van der Waals surface area contributed by atoms with Crippen LogP contribution in [0.5, 0.6) is 0 Å². The van der Waals surface area contributed by atoms with Crippen LogP contribution in [0.3, 0.4) is 0 Å². The number of hydroxylamine groups is 2. The van der Waals surface area contributed by atoms with Crippen molar-refractivity contribution in [1.82, 2.24) is 9.79 Å². The van der Waals surface area contributed by atoms with Crippen molar-refractivity contribution < 1.29 is 17.7 Å². The summed E-state index contributed by atoms with van der Waals surface area (Å²) < 4.78 is 34.3. The Balaban J connectivity index is 1.76. The van der Waals surface area contributed by atoms with Gasteiger partial charge in [0.25, 0.3) is 0 Å². The minimum absolute atomic E-state index is 0.0860.